The maximum atomic E-state index is 6.14. The molecule has 0 N–H and O–H groups in total. The molecule has 3 nitrogen and oxygen atoms in total. The molecule has 0 fully saturated rings. The maximum absolute atomic E-state index is 6.14. The molecule has 4 aromatic rings. The Kier molecular flexibility index (Phi) is 2.85. The Morgan fingerprint density at radius 3 is 2.33 bits per heavy atom. The second-order valence-electron chi connectivity index (χ2n) is 5.97. The lowest BCUT2D eigenvalue weighted by atomic mass is 10.1. The summed E-state index contributed by atoms with van der Waals surface area (Å²) in [5.74, 6) is 0. The molecule has 1 aliphatic rings. The van der Waals surface area contributed by atoms with Crippen LogP contribution in [0.4, 0.5) is 11.4 Å². The Hall–Kier alpha value is -3.20. The predicted octanol–water partition coefficient (Wildman–Crippen LogP) is 5.34. The average molecular weight is 312 g/mol. The minimum Gasteiger partial charge on any atom is -0.454 e. The zero-order valence-electron chi connectivity index (χ0n) is 13.1. The van der Waals surface area contributed by atoms with E-state index in [1.165, 1.54) is 5.69 Å². The highest BCUT2D eigenvalue weighted by molar-refractivity contribution is 6.09. The summed E-state index contributed by atoms with van der Waals surface area (Å²) in [4.78, 5) is 4.44. The summed E-state index contributed by atoms with van der Waals surface area (Å²) in [6.45, 7) is 0.778. The first-order valence-corrected chi connectivity index (χ1v) is 8.07. The van der Waals surface area contributed by atoms with E-state index in [-0.39, 0.29) is 0 Å². The van der Waals surface area contributed by atoms with Crippen molar-refractivity contribution < 1.29 is 4.42 Å². The number of para-hydroxylation sites is 3. The molecule has 116 valence electrons. The second-order valence-corrected chi connectivity index (χ2v) is 5.97. The van der Waals surface area contributed by atoms with Gasteiger partial charge in [-0.15, -0.1) is 0 Å². The first kappa shape index (κ1) is 13.3. The molecule has 0 spiro atoms. The number of furan rings is 1. The van der Waals surface area contributed by atoms with E-state index in [9.17, 15) is 0 Å². The summed E-state index contributed by atoms with van der Waals surface area (Å²) in [5, 5.41) is 2.33. The van der Waals surface area contributed by atoms with Gasteiger partial charge in [-0.2, -0.15) is 0 Å². The summed E-state index contributed by atoms with van der Waals surface area (Å²) in [6, 6.07) is 24.9. The minimum absolute atomic E-state index is 0.778. The maximum Gasteiger partial charge on any atom is 0.159 e. The summed E-state index contributed by atoms with van der Waals surface area (Å²) in [7, 11) is 0. The molecule has 0 bridgehead atoms. The van der Waals surface area contributed by atoms with Gasteiger partial charge in [-0.3, -0.25) is 0 Å². The van der Waals surface area contributed by atoms with Crippen molar-refractivity contribution in [3.05, 3.63) is 85.2 Å². The van der Waals surface area contributed by atoms with E-state index in [4.69, 9.17) is 4.42 Å². The molecule has 0 saturated heterocycles. The van der Waals surface area contributed by atoms with Gasteiger partial charge in [0.2, 0.25) is 0 Å². The molecule has 0 radical (unpaired) electrons. The lowest BCUT2D eigenvalue weighted by Gasteiger charge is -2.21. The fourth-order valence-electron chi connectivity index (χ4n) is 3.32. The van der Waals surface area contributed by atoms with Crippen LogP contribution in [0, 0.1) is 0 Å². The second kappa shape index (κ2) is 5.17. The van der Waals surface area contributed by atoms with E-state index in [0.717, 1.165) is 34.3 Å². The molecule has 0 saturated carbocycles. The van der Waals surface area contributed by atoms with Crippen molar-refractivity contribution in [1.29, 1.82) is 0 Å². The molecule has 0 atom stereocenters. The van der Waals surface area contributed by atoms with Gasteiger partial charge in [0.1, 0.15) is 5.58 Å². The Labute approximate surface area is 140 Å². The smallest absolute Gasteiger partial charge is 0.159 e. The van der Waals surface area contributed by atoms with Crippen LogP contribution in [0.3, 0.4) is 0 Å². The van der Waals surface area contributed by atoms with E-state index < -0.39 is 0 Å². The van der Waals surface area contributed by atoms with Crippen molar-refractivity contribution in [3.63, 3.8) is 0 Å². The summed E-state index contributed by atoms with van der Waals surface area (Å²) >= 11 is 0. The van der Waals surface area contributed by atoms with Gasteiger partial charge in [-0.1, -0.05) is 48.5 Å². The van der Waals surface area contributed by atoms with Crippen LogP contribution in [0.2, 0.25) is 0 Å². The normalized spacial score (nSPS) is 14.2. The van der Waals surface area contributed by atoms with Crippen LogP contribution in [0.5, 0.6) is 0 Å². The third kappa shape index (κ3) is 1.98. The highest BCUT2D eigenvalue weighted by Crippen LogP contribution is 2.36. The average Bonchev–Trinajstić information content (AvgIpc) is 3.27. The first-order chi connectivity index (χ1) is 11.9. The van der Waals surface area contributed by atoms with Crippen molar-refractivity contribution in [2.24, 2.45) is 0 Å². The lowest BCUT2D eigenvalue weighted by molar-refractivity contribution is 0.668. The van der Waals surface area contributed by atoms with Gasteiger partial charge in [0.15, 0.2) is 5.58 Å². The zero-order chi connectivity index (χ0) is 15.9. The molecule has 3 heteroatoms. The van der Waals surface area contributed by atoms with E-state index in [1.807, 2.05) is 18.2 Å². The number of nitrogens with zero attached hydrogens (tertiary/aromatic N) is 2. The lowest BCUT2D eigenvalue weighted by Crippen LogP contribution is -2.24. The summed E-state index contributed by atoms with van der Waals surface area (Å²) in [6.07, 6.45) is 4.21. The molecular formula is C21H16N2O. The van der Waals surface area contributed by atoms with Crippen LogP contribution in [0.15, 0.2) is 89.6 Å². The SMILES string of the molecule is C1=CN(c2cccc3c2oc2ccccc23)CN1c1ccccc1. The van der Waals surface area contributed by atoms with E-state index in [2.05, 4.69) is 76.8 Å². The van der Waals surface area contributed by atoms with Gasteiger partial charge in [-0.25, -0.2) is 0 Å². The highest BCUT2D eigenvalue weighted by atomic mass is 16.3. The van der Waals surface area contributed by atoms with Crippen LogP contribution in [-0.2, 0) is 0 Å². The quantitative estimate of drug-likeness (QED) is 0.498. The minimum atomic E-state index is 0.778. The summed E-state index contributed by atoms with van der Waals surface area (Å²) < 4.78 is 6.14. The van der Waals surface area contributed by atoms with Crippen molar-refractivity contribution in [2.45, 2.75) is 0 Å². The van der Waals surface area contributed by atoms with Crippen molar-refractivity contribution >= 4 is 33.3 Å². The molecular weight excluding hydrogens is 296 g/mol. The van der Waals surface area contributed by atoms with Crippen LogP contribution in [-0.4, -0.2) is 6.67 Å². The fourth-order valence-corrected chi connectivity index (χ4v) is 3.32. The molecule has 1 aromatic heterocycles. The van der Waals surface area contributed by atoms with Crippen LogP contribution in [0.25, 0.3) is 21.9 Å². The number of rotatable bonds is 2. The van der Waals surface area contributed by atoms with Gasteiger partial charge in [0.05, 0.1) is 12.4 Å². The molecule has 2 heterocycles. The Morgan fingerprint density at radius 1 is 0.667 bits per heavy atom. The standard InChI is InChI=1S/C21H16N2O/c1-2-7-16(8-3-1)22-13-14-23(15-22)19-11-6-10-18-17-9-4-5-12-20(17)24-21(18)19/h1-14H,15H2. The monoisotopic (exact) mass is 312 g/mol. The molecule has 0 unspecified atom stereocenters. The fraction of sp³-hybridized carbons (Fsp3) is 0.0476. The molecule has 1 aliphatic heterocycles. The third-order valence-corrected chi connectivity index (χ3v) is 4.51. The van der Waals surface area contributed by atoms with E-state index in [1.54, 1.807) is 0 Å². The Balaban J connectivity index is 1.57. The summed E-state index contributed by atoms with van der Waals surface area (Å²) in [5.41, 5.74) is 4.16. The Morgan fingerprint density at radius 2 is 1.42 bits per heavy atom. The first-order valence-electron chi connectivity index (χ1n) is 8.07. The number of hydrogen-bond acceptors (Lipinski definition) is 3. The third-order valence-electron chi connectivity index (χ3n) is 4.51. The van der Waals surface area contributed by atoms with Gasteiger partial charge < -0.3 is 14.2 Å². The van der Waals surface area contributed by atoms with Gasteiger partial charge in [0, 0.05) is 28.9 Å². The van der Waals surface area contributed by atoms with E-state index >= 15 is 0 Å². The molecule has 24 heavy (non-hydrogen) atoms. The Bertz CT molecular complexity index is 1050. The van der Waals surface area contributed by atoms with Gasteiger partial charge in [0.25, 0.3) is 0 Å². The van der Waals surface area contributed by atoms with Crippen molar-refractivity contribution in [2.75, 3.05) is 16.5 Å². The van der Waals surface area contributed by atoms with Gasteiger partial charge >= 0.3 is 0 Å². The number of fused-ring (bicyclic) bond motifs is 3. The van der Waals surface area contributed by atoms with E-state index in [0.29, 0.717) is 0 Å². The van der Waals surface area contributed by atoms with Crippen molar-refractivity contribution in [3.8, 4) is 0 Å². The number of anilines is 2. The van der Waals surface area contributed by atoms with Crippen LogP contribution >= 0.6 is 0 Å². The largest absolute Gasteiger partial charge is 0.454 e. The highest BCUT2D eigenvalue weighted by Gasteiger charge is 2.19. The predicted molar refractivity (Wildman–Crippen MR) is 99.1 cm³/mol. The molecule has 3 aromatic carbocycles. The zero-order valence-corrected chi connectivity index (χ0v) is 13.1. The molecule has 0 aliphatic carbocycles. The number of hydrogen-bond donors (Lipinski definition) is 0. The van der Waals surface area contributed by atoms with Crippen molar-refractivity contribution in [1.82, 2.24) is 0 Å². The van der Waals surface area contributed by atoms with Gasteiger partial charge in [-0.05, 0) is 24.3 Å². The van der Waals surface area contributed by atoms with Crippen LogP contribution < -0.4 is 9.80 Å². The van der Waals surface area contributed by atoms with Crippen LogP contribution in [0.1, 0.15) is 0 Å². The number of benzene rings is 3. The topological polar surface area (TPSA) is 19.6 Å². The molecule has 5 rings (SSSR count). The molecule has 0 amide bonds.